The highest BCUT2D eigenvalue weighted by Crippen LogP contribution is 2.31. The van der Waals surface area contributed by atoms with Crippen LogP contribution in [-0.2, 0) is 17.7 Å². The Morgan fingerprint density at radius 1 is 0.905 bits per heavy atom. The molecule has 9 heteroatoms. The highest BCUT2D eigenvalue weighted by molar-refractivity contribution is 7.80. The molecule has 7 nitrogen and oxygen atoms in total. The van der Waals surface area contributed by atoms with E-state index in [2.05, 4.69) is 22.8 Å². The maximum Gasteiger partial charge on any atom is 0.341 e. The van der Waals surface area contributed by atoms with E-state index in [1.54, 1.807) is 6.92 Å². The second kappa shape index (κ2) is 13.5. The van der Waals surface area contributed by atoms with E-state index in [9.17, 15) is 4.79 Å². The number of carbonyl (C=O) groups excluding carboxylic acids is 1. The molecule has 0 radical (unpaired) electrons. The van der Waals surface area contributed by atoms with Gasteiger partial charge in [-0.05, 0) is 74.4 Å². The smallest absolute Gasteiger partial charge is 0.341 e. The first-order chi connectivity index (χ1) is 20.4. The molecule has 0 atom stereocenters. The van der Waals surface area contributed by atoms with Gasteiger partial charge in [0.1, 0.15) is 16.5 Å². The SMILES string of the molecule is CCOC(=O)c1cc(Cc2ccccc2)sc1NC(=S)Nc1c(C)nn(Cc2cccc(Oc3ccccc3)c2)c1C. The third-order valence-electron chi connectivity index (χ3n) is 6.56. The molecule has 5 aromatic rings. The van der Waals surface area contributed by atoms with Gasteiger partial charge in [-0.15, -0.1) is 11.3 Å². The van der Waals surface area contributed by atoms with Crippen LogP contribution in [0.3, 0.4) is 0 Å². The number of esters is 1. The number of aromatic nitrogens is 2. The van der Waals surface area contributed by atoms with Crippen molar-refractivity contribution < 1.29 is 14.3 Å². The first-order valence-corrected chi connectivity index (χ1v) is 14.9. The number of nitrogens with one attached hydrogen (secondary N) is 2. The molecule has 2 aromatic heterocycles. The van der Waals surface area contributed by atoms with Gasteiger partial charge >= 0.3 is 5.97 Å². The lowest BCUT2D eigenvalue weighted by molar-refractivity contribution is 0.0528. The molecule has 0 bridgehead atoms. The van der Waals surface area contributed by atoms with Crippen LogP contribution >= 0.6 is 23.6 Å². The summed E-state index contributed by atoms with van der Waals surface area (Å²) in [5.74, 6) is 1.18. The summed E-state index contributed by atoms with van der Waals surface area (Å²) in [6, 6.07) is 29.7. The standard InChI is InChI=1S/C33H32N4O3S2/c1-4-39-32(38)29-20-28(19-24-12-7-5-8-13-24)42-31(29)35-33(41)34-30-22(2)36-37(23(30)3)21-25-14-11-17-27(18-25)40-26-15-9-6-10-16-26/h5-18,20H,4,19,21H2,1-3H3,(H2,34,35,41). The number of thiocarbonyl (C=S) groups is 1. The van der Waals surface area contributed by atoms with Crippen LogP contribution in [0.15, 0.2) is 91.0 Å². The normalized spacial score (nSPS) is 10.7. The van der Waals surface area contributed by atoms with E-state index in [0.29, 0.717) is 35.2 Å². The fraction of sp³-hybridized carbons (Fsp3) is 0.182. The van der Waals surface area contributed by atoms with E-state index in [1.165, 1.54) is 11.3 Å². The molecule has 0 saturated carbocycles. The summed E-state index contributed by atoms with van der Waals surface area (Å²) in [5.41, 5.74) is 5.27. The molecule has 0 spiro atoms. The van der Waals surface area contributed by atoms with Crippen LogP contribution in [-0.4, -0.2) is 27.5 Å². The average molecular weight is 597 g/mol. The van der Waals surface area contributed by atoms with Crippen molar-refractivity contribution in [3.8, 4) is 11.5 Å². The zero-order valence-electron chi connectivity index (χ0n) is 23.7. The highest BCUT2D eigenvalue weighted by atomic mass is 32.1. The molecule has 0 aliphatic heterocycles. The lowest BCUT2D eigenvalue weighted by Crippen LogP contribution is -2.21. The number of nitrogens with zero attached hydrogens (tertiary/aromatic N) is 2. The highest BCUT2D eigenvalue weighted by Gasteiger charge is 2.20. The lowest BCUT2D eigenvalue weighted by Gasteiger charge is -2.12. The Morgan fingerprint density at radius 2 is 1.60 bits per heavy atom. The molecule has 0 fully saturated rings. The third kappa shape index (κ3) is 7.23. The van der Waals surface area contributed by atoms with Crippen LogP contribution in [0.25, 0.3) is 0 Å². The number of para-hydroxylation sites is 1. The van der Waals surface area contributed by atoms with E-state index in [-0.39, 0.29) is 5.97 Å². The van der Waals surface area contributed by atoms with Gasteiger partial charge in [0.2, 0.25) is 0 Å². The maximum atomic E-state index is 12.7. The van der Waals surface area contributed by atoms with Crippen molar-refractivity contribution in [2.75, 3.05) is 17.2 Å². The van der Waals surface area contributed by atoms with Crippen LogP contribution in [0, 0.1) is 13.8 Å². The van der Waals surface area contributed by atoms with Crippen molar-refractivity contribution >= 4 is 45.3 Å². The monoisotopic (exact) mass is 596 g/mol. The van der Waals surface area contributed by atoms with Crippen molar-refractivity contribution in [3.05, 3.63) is 124 Å². The zero-order valence-corrected chi connectivity index (χ0v) is 25.4. The quantitative estimate of drug-likeness (QED) is 0.125. The molecular formula is C33H32N4O3S2. The Labute approximate surface area is 255 Å². The van der Waals surface area contributed by atoms with Crippen molar-refractivity contribution in [1.82, 2.24) is 9.78 Å². The summed E-state index contributed by atoms with van der Waals surface area (Å²) in [4.78, 5) is 13.8. The molecule has 2 heterocycles. The summed E-state index contributed by atoms with van der Waals surface area (Å²) in [5, 5.41) is 12.3. The zero-order chi connectivity index (χ0) is 29.5. The Balaban J connectivity index is 1.29. The van der Waals surface area contributed by atoms with Crippen molar-refractivity contribution in [2.45, 2.75) is 33.7 Å². The Kier molecular flexibility index (Phi) is 9.31. The van der Waals surface area contributed by atoms with Crippen LogP contribution in [0.1, 0.15) is 44.7 Å². The minimum Gasteiger partial charge on any atom is -0.462 e. The Hall–Kier alpha value is -4.47. The van der Waals surface area contributed by atoms with Gasteiger partial charge in [-0.25, -0.2) is 4.79 Å². The molecule has 214 valence electrons. The second-order valence-corrected chi connectivity index (χ2v) is 11.2. The van der Waals surface area contributed by atoms with Crippen molar-refractivity contribution in [3.63, 3.8) is 0 Å². The van der Waals surface area contributed by atoms with Crippen LogP contribution in [0.4, 0.5) is 10.7 Å². The maximum absolute atomic E-state index is 12.7. The third-order valence-corrected chi connectivity index (χ3v) is 7.81. The predicted molar refractivity (Wildman–Crippen MR) is 173 cm³/mol. The second-order valence-electron chi connectivity index (χ2n) is 9.68. The molecule has 42 heavy (non-hydrogen) atoms. The predicted octanol–water partition coefficient (Wildman–Crippen LogP) is 7.98. The first kappa shape index (κ1) is 29.0. The van der Waals surface area contributed by atoms with Crippen LogP contribution in [0.2, 0.25) is 0 Å². The summed E-state index contributed by atoms with van der Waals surface area (Å²) in [6.45, 7) is 6.61. The largest absolute Gasteiger partial charge is 0.462 e. The van der Waals surface area contributed by atoms with Crippen LogP contribution in [0.5, 0.6) is 11.5 Å². The fourth-order valence-electron chi connectivity index (χ4n) is 4.56. The molecule has 2 N–H and O–H groups in total. The molecule has 0 saturated heterocycles. The average Bonchev–Trinajstić information content (AvgIpc) is 3.49. The van der Waals surface area contributed by atoms with Crippen LogP contribution < -0.4 is 15.4 Å². The summed E-state index contributed by atoms with van der Waals surface area (Å²) in [7, 11) is 0. The van der Waals surface area contributed by atoms with E-state index in [0.717, 1.165) is 44.6 Å². The van der Waals surface area contributed by atoms with E-state index in [1.807, 2.05) is 97.4 Å². The molecule has 3 aromatic carbocycles. The number of anilines is 2. The van der Waals surface area contributed by atoms with E-state index in [4.69, 9.17) is 26.8 Å². The summed E-state index contributed by atoms with van der Waals surface area (Å²) >= 11 is 7.18. The number of hydrogen-bond acceptors (Lipinski definition) is 6. The summed E-state index contributed by atoms with van der Waals surface area (Å²) < 4.78 is 13.3. The topological polar surface area (TPSA) is 77.4 Å². The fourth-order valence-corrected chi connectivity index (χ4v) is 5.92. The number of rotatable bonds is 10. The molecule has 0 aliphatic rings. The molecule has 5 rings (SSSR count). The van der Waals surface area contributed by atoms with Crippen molar-refractivity contribution in [1.29, 1.82) is 0 Å². The van der Waals surface area contributed by atoms with Gasteiger partial charge in [0.25, 0.3) is 0 Å². The lowest BCUT2D eigenvalue weighted by atomic mass is 10.1. The number of benzene rings is 3. The number of hydrogen-bond donors (Lipinski definition) is 2. The van der Waals surface area contributed by atoms with Gasteiger partial charge in [0.05, 0.1) is 35.8 Å². The minimum atomic E-state index is -0.378. The minimum absolute atomic E-state index is 0.295. The Morgan fingerprint density at radius 3 is 2.33 bits per heavy atom. The van der Waals surface area contributed by atoms with E-state index >= 15 is 0 Å². The van der Waals surface area contributed by atoms with Gasteiger partial charge < -0.3 is 20.1 Å². The van der Waals surface area contributed by atoms with Gasteiger partial charge in [-0.2, -0.15) is 5.10 Å². The number of carbonyl (C=O) groups is 1. The molecule has 0 unspecified atom stereocenters. The van der Waals surface area contributed by atoms with Gasteiger partial charge in [-0.3, -0.25) is 4.68 Å². The van der Waals surface area contributed by atoms with Gasteiger partial charge in [-0.1, -0.05) is 60.7 Å². The molecule has 0 aliphatic carbocycles. The Bertz CT molecular complexity index is 1680. The van der Waals surface area contributed by atoms with Gasteiger partial charge in [0.15, 0.2) is 5.11 Å². The summed E-state index contributed by atoms with van der Waals surface area (Å²) in [6.07, 6.45) is 0.711. The number of ether oxygens (including phenoxy) is 2. The van der Waals surface area contributed by atoms with Gasteiger partial charge in [0, 0.05) is 11.3 Å². The number of thiophene rings is 1. The molecule has 0 amide bonds. The van der Waals surface area contributed by atoms with Crippen molar-refractivity contribution in [2.24, 2.45) is 0 Å². The molecular weight excluding hydrogens is 565 g/mol. The number of aryl methyl sites for hydroxylation is 1. The van der Waals surface area contributed by atoms with E-state index < -0.39 is 0 Å². The first-order valence-electron chi connectivity index (χ1n) is 13.7.